The number of morpholine rings is 1. The number of hydrogen-bond acceptors (Lipinski definition) is 7. The lowest BCUT2D eigenvalue weighted by molar-refractivity contribution is -0.384. The lowest BCUT2D eigenvalue weighted by atomic mass is 10.1. The van der Waals surface area contributed by atoms with E-state index in [-0.39, 0.29) is 17.2 Å². The maximum absolute atomic E-state index is 13.4. The van der Waals surface area contributed by atoms with Gasteiger partial charge in [-0.15, -0.1) is 0 Å². The normalized spacial score (nSPS) is 16.5. The van der Waals surface area contributed by atoms with Gasteiger partial charge in [-0.2, -0.15) is 0 Å². The van der Waals surface area contributed by atoms with E-state index in [0.29, 0.717) is 63.9 Å². The molecule has 2 aromatic rings. The number of anilines is 3. The Labute approximate surface area is 191 Å². The first-order valence-corrected chi connectivity index (χ1v) is 11.0. The van der Waals surface area contributed by atoms with E-state index < -0.39 is 10.8 Å². The topological polar surface area (TPSA) is 108 Å². The van der Waals surface area contributed by atoms with Gasteiger partial charge in [0.25, 0.3) is 11.6 Å². The van der Waals surface area contributed by atoms with Crippen LogP contribution in [0.4, 0.5) is 22.7 Å². The molecule has 174 valence electrons. The lowest BCUT2D eigenvalue weighted by Gasteiger charge is -2.36. The van der Waals surface area contributed by atoms with Crippen LogP contribution in [0.5, 0.6) is 0 Å². The SMILES string of the molecule is CC(=O)N1CCN(c2ccccc2NC(=O)c2cc([N+](=O)[O-])ccc2N2CCOCC2)CC1. The van der Waals surface area contributed by atoms with Crippen LogP contribution in [0, 0.1) is 10.1 Å². The molecule has 0 unspecified atom stereocenters. The van der Waals surface area contributed by atoms with Crippen molar-refractivity contribution in [2.75, 3.05) is 67.6 Å². The molecular formula is C23H27N5O5. The van der Waals surface area contributed by atoms with Crippen LogP contribution in [0.15, 0.2) is 42.5 Å². The van der Waals surface area contributed by atoms with Crippen molar-refractivity contribution < 1.29 is 19.2 Å². The number of nitrogens with zero attached hydrogens (tertiary/aromatic N) is 4. The van der Waals surface area contributed by atoms with Crippen LogP contribution in [0.2, 0.25) is 0 Å². The minimum Gasteiger partial charge on any atom is -0.378 e. The highest BCUT2D eigenvalue weighted by Gasteiger charge is 2.24. The number of hydrogen-bond donors (Lipinski definition) is 1. The van der Waals surface area contributed by atoms with Gasteiger partial charge < -0.3 is 24.8 Å². The molecule has 2 heterocycles. The van der Waals surface area contributed by atoms with Gasteiger partial charge in [-0.25, -0.2) is 0 Å². The maximum atomic E-state index is 13.4. The third-order valence-corrected chi connectivity index (χ3v) is 6.01. The molecule has 0 aromatic heterocycles. The average Bonchev–Trinajstić information content (AvgIpc) is 2.84. The summed E-state index contributed by atoms with van der Waals surface area (Å²) in [6.45, 7) is 6.39. The molecule has 2 aliphatic rings. The highest BCUT2D eigenvalue weighted by molar-refractivity contribution is 6.10. The van der Waals surface area contributed by atoms with Crippen LogP contribution >= 0.6 is 0 Å². The molecule has 2 aromatic carbocycles. The molecule has 0 atom stereocenters. The molecule has 33 heavy (non-hydrogen) atoms. The third-order valence-electron chi connectivity index (χ3n) is 6.01. The van der Waals surface area contributed by atoms with Crippen LogP contribution in [0.25, 0.3) is 0 Å². The maximum Gasteiger partial charge on any atom is 0.270 e. The molecule has 0 radical (unpaired) electrons. The molecule has 2 saturated heterocycles. The van der Waals surface area contributed by atoms with E-state index in [1.54, 1.807) is 17.9 Å². The lowest BCUT2D eigenvalue weighted by Crippen LogP contribution is -2.48. The molecule has 10 heteroatoms. The van der Waals surface area contributed by atoms with Crippen molar-refractivity contribution in [1.82, 2.24) is 4.90 Å². The summed E-state index contributed by atoms with van der Waals surface area (Å²) < 4.78 is 5.40. The number of ether oxygens (including phenoxy) is 1. The van der Waals surface area contributed by atoms with E-state index >= 15 is 0 Å². The van der Waals surface area contributed by atoms with Crippen LogP contribution in [-0.2, 0) is 9.53 Å². The Morgan fingerprint density at radius 3 is 2.27 bits per heavy atom. The summed E-state index contributed by atoms with van der Waals surface area (Å²) in [4.78, 5) is 41.8. The number of para-hydroxylation sites is 2. The largest absolute Gasteiger partial charge is 0.378 e. The Hall–Kier alpha value is -3.66. The fraction of sp³-hybridized carbons (Fsp3) is 0.391. The predicted octanol–water partition coefficient (Wildman–Crippen LogP) is 2.35. The van der Waals surface area contributed by atoms with Crippen LogP contribution in [-0.4, -0.2) is 74.1 Å². The van der Waals surface area contributed by atoms with E-state index in [1.807, 2.05) is 29.2 Å². The fourth-order valence-electron chi connectivity index (χ4n) is 4.21. The number of carbonyl (C=O) groups is 2. The number of nitro groups is 1. The molecule has 2 aliphatic heterocycles. The molecule has 2 amide bonds. The first-order valence-electron chi connectivity index (χ1n) is 11.0. The molecule has 0 aliphatic carbocycles. The highest BCUT2D eigenvalue weighted by Crippen LogP contribution is 2.30. The molecule has 0 spiro atoms. The second kappa shape index (κ2) is 9.86. The van der Waals surface area contributed by atoms with Crippen molar-refractivity contribution in [2.24, 2.45) is 0 Å². The van der Waals surface area contributed by atoms with Gasteiger partial charge in [-0.1, -0.05) is 12.1 Å². The first kappa shape index (κ1) is 22.5. The highest BCUT2D eigenvalue weighted by atomic mass is 16.6. The Kier molecular flexibility index (Phi) is 6.74. The molecule has 0 bridgehead atoms. The van der Waals surface area contributed by atoms with Crippen LogP contribution in [0.3, 0.4) is 0 Å². The summed E-state index contributed by atoms with van der Waals surface area (Å²) in [5.74, 6) is -0.354. The summed E-state index contributed by atoms with van der Waals surface area (Å²) in [6.07, 6.45) is 0. The number of amides is 2. The molecule has 1 N–H and O–H groups in total. The number of rotatable bonds is 5. The first-order chi connectivity index (χ1) is 15.9. The second-order valence-electron chi connectivity index (χ2n) is 8.02. The summed E-state index contributed by atoms with van der Waals surface area (Å²) in [5.41, 5.74) is 2.24. The Morgan fingerprint density at radius 1 is 0.939 bits per heavy atom. The van der Waals surface area contributed by atoms with Gasteiger partial charge in [-0.05, 0) is 18.2 Å². The zero-order valence-corrected chi connectivity index (χ0v) is 18.5. The van der Waals surface area contributed by atoms with E-state index in [2.05, 4.69) is 10.2 Å². The van der Waals surface area contributed by atoms with Crippen molar-refractivity contribution in [2.45, 2.75) is 6.92 Å². The molecule has 0 saturated carbocycles. The Bertz CT molecular complexity index is 1050. The smallest absolute Gasteiger partial charge is 0.270 e. The average molecular weight is 453 g/mol. The van der Waals surface area contributed by atoms with Crippen molar-refractivity contribution in [1.29, 1.82) is 0 Å². The van der Waals surface area contributed by atoms with Crippen molar-refractivity contribution >= 4 is 34.6 Å². The van der Waals surface area contributed by atoms with E-state index in [4.69, 9.17) is 4.74 Å². The monoisotopic (exact) mass is 453 g/mol. The van der Waals surface area contributed by atoms with Crippen molar-refractivity contribution in [3.8, 4) is 0 Å². The molecule has 2 fully saturated rings. The molecular weight excluding hydrogens is 426 g/mol. The second-order valence-corrected chi connectivity index (χ2v) is 8.02. The minimum atomic E-state index is -0.498. The number of carbonyl (C=O) groups excluding carboxylic acids is 2. The van der Waals surface area contributed by atoms with Gasteiger partial charge >= 0.3 is 0 Å². The quantitative estimate of drug-likeness (QED) is 0.547. The standard InChI is InChI=1S/C23H27N5O5/c1-17(29)25-8-10-26(11-9-25)22-5-3-2-4-20(22)24-23(30)19-16-18(28(31)32)6-7-21(19)27-12-14-33-15-13-27/h2-7,16H,8-15H2,1H3,(H,24,30). The summed E-state index contributed by atoms with van der Waals surface area (Å²) >= 11 is 0. The van der Waals surface area contributed by atoms with Crippen molar-refractivity contribution in [3.05, 3.63) is 58.1 Å². The van der Waals surface area contributed by atoms with E-state index in [1.165, 1.54) is 12.1 Å². The third kappa shape index (κ3) is 5.06. The van der Waals surface area contributed by atoms with E-state index in [0.717, 1.165) is 5.69 Å². The summed E-state index contributed by atoms with van der Waals surface area (Å²) in [5, 5.41) is 14.3. The van der Waals surface area contributed by atoms with E-state index in [9.17, 15) is 19.7 Å². The zero-order chi connectivity index (χ0) is 23.4. The fourth-order valence-corrected chi connectivity index (χ4v) is 4.21. The van der Waals surface area contributed by atoms with Gasteiger partial charge in [0.05, 0.1) is 40.8 Å². The molecule has 4 rings (SSSR count). The van der Waals surface area contributed by atoms with Gasteiger partial charge in [0, 0.05) is 58.3 Å². The number of piperazine rings is 1. The summed E-state index contributed by atoms with van der Waals surface area (Å²) in [7, 11) is 0. The number of nitrogens with one attached hydrogen (secondary N) is 1. The number of benzene rings is 2. The van der Waals surface area contributed by atoms with Gasteiger partial charge in [-0.3, -0.25) is 19.7 Å². The minimum absolute atomic E-state index is 0.0533. The van der Waals surface area contributed by atoms with Gasteiger partial charge in [0.2, 0.25) is 5.91 Å². The van der Waals surface area contributed by atoms with Gasteiger partial charge in [0.1, 0.15) is 0 Å². The van der Waals surface area contributed by atoms with Gasteiger partial charge in [0.15, 0.2) is 0 Å². The predicted molar refractivity (Wildman–Crippen MR) is 125 cm³/mol. The van der Waals surface area contributed by atoms with Crippen LogP contribution < -0.4 is 15.1 Å². The molecule has 10 nitrogen and oxygen atoms in total. The van der Waals surface area contributed by atoms with Crippen molar-refractivity contribution in [3.63, 3.8) is 0 Å². The zero-order valence-electron chi connectivity index (χ0n) is 18.5. The summed E-state index contributed by atoms with van der Waals surface area (Å²) in [6, 6.07) is 11.9. The number of non-ortho nitro benzene ring substituents is 1. The Balaban J connectivity index is 1.59. The van der Waals surface area contributed by atoms with Crippen LogP contribution in [0.1, 0.15) is 17.3 Å². The number of nitro benzene ring substituents is 1. The Morgan fingerprint density at radius 2 is 1.61 bits per heavy atom.